The van der Waals surface area contributed by atoms with E-state index in [9.17, 15) is 0 Å². The molecule has 1 aromatic heterocycles. The largest absolute Gasteiger partial charge is 0.324 e. The molecule has 0 radical (unpaired) electrons. The first-order valence-corrected chi connectivity index (χ1v) is 6.41. The molecule has 4 heteroatoms. The first-order valence-electron chi connectivity index (χ1n) is 5.59. The quantitative estimate of drug-likeness (QED) is 0.841. The molecule has 2 rings (SSSR count). The Kier molecular flexibility index (Phi) is 4.12. The summed E-state index contributed by atoms with van der Waals surface area (Å²) < 4.78 is 0. The van der Waals surface area contributed by atoms with Crippen molar-refractivity contribution in [1.29, 1.82) is 0 Å². The van der Waals surface area contributed by atoms with Crippen molar-refractivity contribution in [2.24, 2.45) is 5.73 Å². The molecule has 1 aromatic carbocycles. The van der Waals surface area contributed by atoms with Crippen molar-refractivity contribution >= 4 is 11.8 Å². The lowest BCUT2D eigenvalue weighted by atomic mass is 10.1. The predicted octanol–water partition coefficient (Wildman–Crippen LogP) is 3.04. The highest BCUT2D eigenvalue weighted by Gasteiger charge is 2.10. The van der Waals surface area contributed by atoms with E-state index in [1.165, 1.54) is 10.5 Å². The molecule has 0 bridgehead atoms. The summed E-state index contributed by atoms with van der Waals surface area (Å²) >= 11 is 1.63. The topological polar surface area (TPSA) is 51.8 Å². The summed E-state index contributed by atoms with van der Waals surface area (Å²) in [6.07, 6.45) is 4.24. The molecule has 2 aromatic rings. The van der Waals surface area contributed by atoms with Crippen molar-refractivity contribution in [2.75, 3.05) is 0 Å². The Morgan fingerprint density at radius 2 is 2.12 bits per heavy atom. The van der Waals surface area contributed by atoms with Gasteiger partial charge in [-0.15, -0.1) is 0 Å². The molecule has 0 aliphatic carbocycles. The highest BCUT2D eigenvalue weighted by atomic mass is 32.2. The van der Waals surface area contributed by atoms with Gasteiger partial charge in [-0.05, 0) is 24.1 Å². The van der Waals surface area contributed by atoms with E-state index in [1.54, 1.807) is 24.3 Å². The van der Waals surface area contributed by atoms with Crippen molar-refractivity contribution < 1.29 is 0 Å². The van der Waals surface area contributed by atoms with Gasteiger partial charge in [0.15, 0.2) is 0 Å². The first-order chi connectivity index (χ1) is 8.31. The third-order valence-corrected chi connectivity index (χ3v) is 3.57. The van der Waals surface area contributed by atoms with Gasteiger partial charge in [-0.2, -0.15) is 0 Å². The highest BCUT2D eigenvalue weighted by molar-refractivity contribution is 7.99. The minimum absolute atomic E-state index is 0.0838. The number of benzene rings is 1. The molecule has 0 unspecified atom stereocenters. The summed E-state index contributed by atoms with van der Waals surface area (Å²) in [6, 6.07) is 10.2. The van der Waals surface area contributed by atoms with Crippen molar-refractivity contribution in [3.63, 3.8) is 0 Å². The van der Waals surface area contributed by atoms with Gasteiger partial charge in [-0.1, -0.05) is 36.9 Å². The van der Waals surface area contributed by atoms with E-state index in [0.717, 1.165) is 11.4 Å². The van der Waals surface area contributed by atoms with Gasteiger partial charge in [0.25, 0.3) is 0 Å². The second kappa shape index (κ2) is 5.80. The van der Waals surface area contributed by atoms with Crippen LogP contribution in [-0.4, -0.2) is 9.97 Å². The van der Waals surface area contributed by atoms with Gasteiger partial charge in [0.1, 0.15) is 11.4 Å². The number of hydrogen-bond donors (Lipinski definition) is 1. The predicted molar refractivity (Wildman–Crippen MR) is 69.8 cm³/mol. The van der Waals surface area contributed by atoms with Gasteiger partial charge in [0, 0.05) is 17.1 Å². The fraction of sp³-hybridized carbons (Fsp3) is 0.231. The zero-order chi connectivity index (χ0) is 12.1. The molecule has 1 heterocycles. The van der Waals surface area contributed by atoms with E-state index in [2.05, 4.69) is 29.0 Å². The Bertz CT molecular complexity index is 473. The average molecular weight is 245 g/mol. The number of rotatable bonds is 4. The average Bonchev–Trinajstić information content (AvgIpc) is 2.40. The van der Waals surface area contributed by atoms with Crippen molar-refractivity contribution in [3.05, 3.63) is 48.4 Å². The summed E-state index contributed by atoms with van der Waals surface area (Å²) in [7, 11) is 0. The van der Waals surface area contributed by atoms with Crippen LogP contribution >= 0.6 is 11.8 Å². The highest BCUT2D eigenvalue weighted by Crippen LogP contribution is 2.31. The molecule has 0 aliphatic rings. The lowest BCUT2D eigenvalue weighted by molar-refractivity contribution is 0.685. The van der Waals surface area contributed by atoms with E-state index in [0.29, 0.717) is 0 Å². The minimum atomic E-state index is 0.0838. The Morgan fingerprint density at radius 1 is 1.29 bits per heavy atom. The van der Waals surface area contributed by atoms with Crippen LogP contribution in [0.5, 0.6) is 0 Å². The summed E-state index contributed by atoms with van der Waals surface area (Å²) in [4.78, 5) is 9.29. The Labute approximate surface area is 105 Å². The first kappa shape index (κ1) is 12.1. The number of nitrogens with zero attached hydrogens (tertiary/aromatic N) is 2. The third-order valence-electron chi connectivity index (χ3n) is 2.53. The molecule has 0 fully saturated rings. The van der Waals surface area contributed by atoms with Crippen LogP contribution in [0.15, 0.2) is 52.8 Å². The molecule has 0 saturated heterocycles. The van der Waals surface area contributed by atoms with E-state index < -0.39 is 0 Å². The van der Waals surface area contributed by atoms with Gasteiger partial charge >= 0.3 is 0 Å². The van der Waals surface area contributed by atoms with Crippen LogP contribution in [0.2, 0.25) is 0 Å². The van der Waals surface area contributed by atoms with Crippen LogP contribution in [0.25, 0.3) is 0 Å². The van der Waals surface area contributed by atoms with Gasteiger partial charge in [-0.25, -0.2) is 9.97 Å². The second-order valence-corrected chi connectivity index (χ2v) is 4.76. The summed E-state index contributed by atoms with van der Waals surface area (Å²) in [5.74, 6) is 0. The van der Waals surface area contributed by atoms with Gasteiger partial charge in [0.2, 0.25) is 0 Å². The molecule has 0 spiro atoms. The summed E-state index contributed by atoms with van der Waals surface area (Å²) in [5.41, 5.74) is 7.28. The fourth-order valence-electron chi connectivity index (χ4n) is 1.55. The van der Waals surface area contributed by atoms with Crippen molar-refractivity contribution in [3.8, 4) is 0 Å². The molecular formula is C13H15N3S. The molecule has 3 nitrogen and oxygen atoms in total. The zero-order valence-electron chi connectivity index (χ0n) is 9.71. The third kappa shape index (κ3) is 3.05. The van der Waals surface area contributed by atoms with Crippen molar-refractivity contribution in [1.82, 2.24) is 9.97 Å². The van der Waals surface area contributed by atoms with E-state index in [1.807, 2.05) is 18.2 Å². The van der Waals surface area contributed by atoms with E-state index in [4.69, 9.17) is 5.73 Å². The monoisotopic (exact) mass is 245 g/mol. The van der Waals surface area contributed by atoms with E-state index in [-0.39, 0.29) is 6.04 Å². The summed E-state index contributed by atoms with van der Waals surface area (Å²) in [5, 5.41) is 0.941. The smallest absolute Gasteiger partial charge is 0.116 e. The number of aromatic nitrogens is 2. The summed E-state index contributed by atoms with van der Waals surface area (Å²) in [6.45, 7) is 2.09. The lowest BCUT2D eigenvalue weighted by Crippen LogP contribution is -2.09. The van der Waals surface area contributed by atoms with Crippen LogP contribution in [0.3, 0.4) is 0 Å². The van der Waals surface area contributed by atoms with Crippen LogP contribution < -0.4 is 5.73 Å². The molecule has 0 aliphatic heterocycles. The standard InChI is InChI=1S/C13H15N3S/c1-2-11(14)10-5-3-4-6-12(10)17-13-7-8-15-9-16-13/h3-9,11H,2,14H2,1H3/t11-/m0/s1. The van der Waals surface area contributed by atoms with Crippen LogP contribution in [0, 0.1) is 0 Å². The molecule has 0 amide bonds. The van der Waals surface area contributed by atoms with E-state index >= 15 is 0 Å². The van der Waals surface area contributed by atoms with Gasteiger partial charge < -0.3 is 5.73 Å². The fourth-order valence-corrected chi connectivity index (χ4v) is 2.49. The maximum absolute atomic E-state index is 6.10. The normalized spacial score (nSPS) is 12.4. The minimum Gasteiger partial charge on any atom is -0.324 e. The number of nitrogens with two attached hydrogens (primary N) is 1. The maximum atomic E-state index is 6.10. The maximum Gasteiger partial charge on any atom is 0.116 e. The van der Waals surface area contributed by atoms with Crippen LogP contribution in [-0.2, 0) is 0 Å². The SMILES string of the molecule is CC[C@H](N)c1ccccc1Sc1ccncn1. The lowest BCUT2D eigenvalue weighted by Gasteiger charge is -2.13. The molecule has 88 valence electrons. The molecular weight excluding hydrogens is 230 g/mol. The van der Waals surface area contributed by atoms with Gasteiger partial charge in [-0.3, -0.25) is 0 Å². The van der Waals surface area contributed by atoms with Crippen LogP contribution in [0.4, 0.5) is 0 Å². The molecule has 17 heavy (non-hydrogen) atoms. The van der Waals surface area contributed by atoms with Crippen molar-refractivity contribution in [2.45, 2.75) is 29.3 Å². The van der Waals surface area contributed by atoms with Crippen LogP contribution in [0.1, 0.15) is 24.9 Å². The molecule has 1 atom stereocenters. The molecule has 0 saturated carbocycles. The second-order valence-electron chi connectivity index (χ2n) is 3.70. The molecule has 2 N–H and O–H groups in total. The number of hydrogen-bond acceptors (Lipinski definition) is 4. The Balaban J connectivity index is 2.27. The zero-order valence-corrected chi connectivity index (χ0v) is 10.5. The van der Waals surface area contributed by atoms with Gasteiger partial charge in [0.05, 0.1) is 0 Å². The Hall–Kier alpha value is -1.39. The Morgan fingerprint density at radius 3 is 2.82 bits per heavy atom.